The van der Waals surface area contributed by atoms with E-state index in [9.17, 15) is 17.6 Å². The zero-order valence-electron chi connectivity index (χ0n) is 17.4. The van der Waals surface area contributed by atoms with Crippen LogP contribution < -0.4 is 14.8 Å². The molecule has 0 fully saturated rings. The Hall–Kier alpha value is -3.10. The Kier molecular flexibility index (Phi) is 7.37. The van der Waals surface area contributed by atoms with Gasteiger partial charge in [0.15, 0.2) is 17.7 Å². The van der Waals surface area contributed by atoms with Crippen LogP contribution in [0.25, 0.3) is 0 Å². The third-order valence-electron chi connectivity index (χ3n) is 4.71. The molecule has 1 amide bonds. The number of carbonyl (C=O) groups excluding carboxylic acids is 1. The molecule has 2 N–H and O–H groups in total. The molecule has 3 aromatic rings. The molecule has 0 aliphatic heterocycles. The fourth-order valence-electron chi connectivity index (χ4n) is 2.88. The summed E-state index contributed by atoms with van der Waals surface area (Å²) in [6, 6.07) is 16.5. The fourth-order valence-corrected chi connectivity index (χ4v) is 4.18. The predicted octanol–water partition coefficient (Wildman–Crippen LogP) is 5.38. The van der Waals surface area contributed by atoms with E-state index < -0.39 is 27.9 Å². The molecule has 1 atom stereocenters. The number of rotatable bonds is 8. The molecule has 0 bridgehead atoms. The lowest BCUT2D eigenvalue weighted by Crippen LogP contribution is -2.32. The maximum Gasteiger partial charge on any atom is 0.265 e. The summed E-state index contributed by atoms with van der Waals surface area (Å²) in [5.74, 6) is -1.05. The van der Waals surface area contributed by atoms with Gasteiger partial charge >= 0.3 is 0 Å². The van der Waals surface area contributed by atoms with Crippen molar-refractivity contribution in [3.63, 3.8) is 0 Å². The quantitative estimate of drug-likeness (QED) is 0.457. The molecule has 0 aliphatic carbocycles. The second-order valence-corrected chi connectivity index (χ2v) is 9.07. The van der Waals surface area contributed by atoms with Gasteiger partial charge in [-0.2, -0.15) is 0 Å². The van der Waals surface area contributed by atoms with Gasteiger partial charge in [-0.3, -0.25) is 9.52 Å². The smallest absolute Gasteiger partial charge is 0.265 e. The van der Waals surface area contributed by atoms with Gasteiger partial charge in [-0.1, -0.05) is 36.7 Å². The summed E-state index contributed by atoms with van der Waals surface area (Å²) in [6.07, 6.45) is -0.599. The number of sulfonamides is 1. The molecule has 168 valence electrons. The topological polar surface area (TPSA) is 84.5 Å². The van der Waals surface area contributed by atoms with E-state index in [0.29, 0.717) is 28.4 Å². The Balaban J connectivity index is 1.70. The van der Waals surface area contributed by atoms with Gasteiger partial charge < -0.3 is 10.1 Å². The minimum absolute atomic E-state index is 0.0154. The van der Waals surface area contributed by atoms with Crippen LogP contribution in [0.15, 0.2) is 71.6 Å². The highest BCUT2D eigenvalue weighted by Gasteiger charge is 2.21. The number of hydrogen-bond donors (Lipinski definition) is 2. The van der Waals surface area contributed by atoms with Crippen molar-refractivity contribution in [2.24, 2.45) is 0 Å². The summed E-state index contributed by atoms with van der Waals surface area (Å²) in [7, 11) is -3.85. The number of carbonyl (C=O) groups is 1. The van der Waals surface area contributed by atoms with Crippen LogP contribution in [0.5, 0.6) is 5.75 Å². The second kappa shape index (κ2) is 10.0. The maximum atomic E-state index is 13.8. The third kappa shape index (κ3) is 5.57. The highest BCUT2D eigenvalue weighted by Crippen LogP contribution is 2.26. The van der Waals surface area contributed by atoms with Crippen LogP contribution in [0, 0.1) is 12.7 Å². The Bertz CT molecular complexity index is 1220. The molecule has 0 aliphatic rings. The molecule has 0 radical (unpaired) electrons. The van der Waals surface area contributed by atoms with Crippen molar-refractivity contribution < 1.29 is 22.3 Å². The average molecular weight is 477 g/mol. The molecule has 0 heterocycles. The van der Waals surface area contributed by atoms with E-state index in [1.54, 1.807) is 38.1 Å². The first kappa shape index (κ1) is 23.6. The second-order valence-electron chi connectivity index (χ2n) is 6.98. The van der Waals surface area contributed by atoms with E-state index in [0.717, 1.165) is 0 Å². The number of anilines is 2. The zero-order chi connectivity index (χ0) is 23.3. The number of halogens is 2. The van der Waals surface area contributed by atoms with Crippen molar-refractivity contribution in [1.82, 2.24) is 0 Å². The maximum absolute atomic E-state index is 13.8. The van der Waals surface area contributed by atoms with Crippen molar-refractivity contribution in [2.75, 3.05) is 10.0 Å². The Morgan fingerprint density at radius 2 is 1.75 bits per heavy atom. The van der Waals surface area contributed by atoms with E-state index in [1.165, 1.54) is 42.5 Å². The van der Waals surface area contributed by atoms with Crippen LogP contribution >= 0.6 is 11.6 Å². The van der Waals surface area contributed by atoms with Gasteiger partial charge in [-0.05, 0) is 67.4 Å². The van der Waals surface area contributed by atoms with Crippen LogP contribution in [-0.4, -0.2) is 20.4 Å². The van der Waals surface area contributed by atoms with Crippen LogP contribution in [0.3, 0.4) is 0 Å². The zero-order valence-corrected chi connectivity index (χ0v) is 19.0. The molecule has 6 nitrogen and oxygen atoms in total. The lowest BCUT2D eigenvalue weighted by atomic mass is 10.2. The molecule has 0 saturated heterocycles. The minimum Gasteiger partial charge on any atom is -0.478 e. The third-order valence-corrected chi connectivity index (χ3v) is 6.50. The van der Waals surface area contributed by atoms with Gasteiger partial charge in [0, 0.05) is 10.7 Å². The van der Waals surface area contributed by atoms with Crippen molar-refractivity contribution in [3.05, 3.63) is 83.1 Å². The molecular formula is C23H22ClFN2O4S. The fraction of sp³-hybridized carbons (Fsp3) is 0.174. The van der Waals surface area contributed by atoms with Gasteiger partial charge in [0.2, 0.25) is 0 Å². The number of ether oxygens (including phenoxy) is 1. The number of hydrogen-bond acceptors (Lipinski definition) is 4. The molecule has 3 rings (SSSR count). The summed E-state index contributed by atoms with van der Waals surface area (Å²) in [5, 5.41) is 3.11. The molecule has 0 aromatic heterocycles. The normalized spacial score (nSPS) is 12.1. The van der Waals surface area contributed by atoms with Crippen molar-refractivity contribution in [3.8, 4) is 5.75 Å². The van der Waals surface area contributed by atoms with Gasteiger partial charge in [-0.15, -0.1) is 0 Å². The molecule has 0 spiro atoms. The van der Waals surface area contributed by atoms with Crippen LogP contribution in [0.1, 0.15) is 18.9 Å². The average Bonchev–Trinajstić information content (AvgIpc) is 2.76. The molecule has 0 unspecified atom stereocenters. The van der Waals surface area contributed by atoms with Gasteiger partial charge in [-0.25, -0.2) is 12.8 Å². The first-order valence-corrected chi connectivity index (χ1v) is 11.7. The van der Waals surface area contributed by atoms with Gasteiger partial charge in [0.05, 0.1) is 10.6 Å². The molecular weight excluding hydrogens is 455 g/mol. The summed E-state index contributed by atoms with van der Waals surface area (Å²) in [4.78, 5) is 12.6. The number of benzene rings is 3. The molecule has 9 heteroatoms. The lowest BCUT2D eigenvalue weighted by Gasteiger charge is -2.18. The summed E-state index contributed by atoms with van der Waals surface area (Å²) in [6.45, 7) is 3.45. The SMILES string of the molecule is CC[C@@H](Oc1ccccc1F)C(=O)Nc1ccc(S(=O)(=O)Nc2cccc(Cl)c2C)cc1. The Morgan fingerprint density at radius 1 is 1.06 bits per heavy atom. The van der Waals surface area contributed by atoms with Crippen LogP contribution in [0.2, 0.25) is 5.02 Å². The van der Waals surface area contributed by atoms with Crippen molar-refractivity contribution >= 4 is 38.9 Å². The van der Waals surface area contributed by atoms with E-state index >= 15 is 0 Å². The van der Waals surface area contributed by atoms with Crippen molar-refractivity contribution in [2.45, 2.75) is 31.3 Å². The molecule has 32 heavy (non-hydrogen) atoms. The summed E-state index contributed by atoms with van der Waals surface area (Å²) < 4.78 is 47.2. The predicted molar refractivity (Wildman–Crippen MR) is 123 cm³/mol. The standard InChI is InChI=1S/C23H22ClFN2O4S/c1-3-21(31-22-10-5-4-8-19(22)25)23(28)26-16-11-13-17(14-12-16)32(29,30)27-20-9-6-7-18(24)15(20)2/h4-14,21,27H,3H2,1-2H3,(H,26,28)/t21-/m1/s1. The lowest BCUT2D eigenvalue weighted by molar-refractivity contribution is -0.122. The van der Waals surface area contributed by atoms with E-state index in [-0.39, 0.29) is 10.6 Å². The largest absolute Gasteiger partial charge is 0.478 e. The molecule has 0 saturated carbocycles. The number of amides is 1. The van der Waals surface area contributed by atoms with E-state index in [4.69, 9.17) is 16.3 Å². The first-order chi connectivity index (χ1) is 15.2. The highest BCUT2D eigenvalue weighted by atomic mass is 35.5. The van der Waals surface area contributed by atoms with E-state index in [1.807, 2.05) is 0 Å². The number of nitrogens with one attached hydrogen (secondary N) is 2. The minimum atomic E-state index is -3.85. The Morgan fingerprint density at radius 3 is 2.41 bits per heavy atom. The Labute approximate surface area is 191 Å². The monoisotopic (exact) mass is 476 g/mol. The van der Waals surface area contributed by atoms with E-state index in [2.05, 4.69) is 10.0 Å². The summed E-state index contributed by atoms with van der Waals surface area (Å²) in [5.41, 5.74) is 1.37. The van der Waals surface area contributed by atoms with Crippen molar-refractivity contribution in [1.29, 1.82) is 0 Å². The van der Waals surface area contributed by atoms with Gasteiger partial charge in [0.25, 0.3) is 15.9 Å². The number of para-hydroxylation sites is 1. The highest BCUT2D eigenvalue weighted by molar-refractivity contribution is 7.92. The van der Waals surface area contributed by atoms with Crippen LogP contribution in [-0.2, 0) is 14.8 Å². The first-order valence-electron chi connectivity index (χ1n) is 9.81. The molecule has 3 aromatic carbocycles. The van der Waals surface area contributed by atoms with Gasteiger partial charge in [0.1, 0.15) is 0 Å². The summed E-state index contributed by atoms with van der Waals surface area (Å²) >= 11 is 6.05. The van der Waals surface area contributed by atoms with Crippen LogP contribution in [0.4, 0.5) is 15.8 Å².